The molecule has 0 aromatic heterocycles. The van der Waals surface area contributed by atoms with Crippen molar-refractivity contribution in [1.29, 1.82) is 0 Å². The summed E-state index contributed by atoms with van der Waals surface area (Å²) < 4.78 is 11.9. The van der Waals surface area contributed by atoms with Gasteiger partial charge in [0.05, 0.1) is 26.4 Å². The zero-order chi connectivity index (χ0) is 20.4. The number of rotatable bonds is 8. The van der Waals surface area contributed by atoms with E-state index in [1.807, 2.05) is 36.4 Å². The highest BCUT2D eigenvalue weighted by molar-refractivity contribution is 6.36. The Labute approximate surface area is 186 Å². The standard InChI is InChI=1S/C22H22Cl4O2/c1-21(13-27-11-15-17(23)5-3-6-18(15)24)9-10-22(21,2)14-28-12-16-19(25)7-4-8-20(16)26/h3-10H,11-14H2,1-2H3/t21-,22+. The molecule has 0 aliphatic heterocycles. The third-order valence-electron chi connectivity index (χ3n) is 5.54. The summed E-state index contributed by atoms with van der Waals surface area (Å²) >= 11 is 24.9. The largest absolute Gasteiger partial charge is 0.376 e. The fraction of sp³-hybridized carbons (Fsp3) is 0.364. The Morgan fingerprint density at radius 3 is 1.25 bits per heavy atom. The second kappa shape index (κ2) is 8.95. The van der Waals surface area contributed by atoms with E-state index in [4.69, 9.17) is 55.9 Å². The van der Waals surface area contributed by atoms with Crippen LogP contribution < -0.4 is 0 Å². The van der Waals surface area contributed by atoms with Crippen LogP contribution in [0, 0.1) is 10.8 Å². The van der Waals surface area contributed by atoms with Crippen molar-refractivity contribution in [3.8, 4) is 0 Å². The van der Waals surface area contributed by atoms with Crippen molar-refractivity contribution in [2.45, 2.75) is 27.1 Å². The Morgan fingerprint density at radius 1 is 0.643 bits per heavy atom. The molecule has 0 radical (unpaired) electrons. The molecule has 150 valence electrons. The lowest BCUT2D eigenvalue weighted by atomic mass is 9.58. The van der Waals surface area contributed by atoms with Crippen molar-refractivity contribution < 1.29 is 9.47 Å². The zero-order valence-electron chi connectivity index (χ0n) is 15.8. The lowest BCUT2D eigenvalue weighted by Crippen LogP contribution is -2.47. The SMILES string of the molecule is C[C@@]1(COCc2c(Cl)cccc2Cl)C=C[C@]1(C)COCc1c(Cl)cccc1Cl. The van der Waals surface area contributed by atoms with E-state index in [0.29, 0.717) is 46.5 Å². The maximum Gasteiger partial charge on any atom is 0.0746 e. The molecular weight excluding hydrogens is 438 g/mol. The quantitative estimate of drug-likeness (QED) is 0.378. The molecule has 0 spiro atoms. The third-order valence-corrected chi connectivity index (χ3v) is 6.96. The van der Waals surface area contributed by atoms with Crippen molar-refractivity contribution >= 4 is 46.4 Å². The van der Waals surface area contributed by atoms with Crippen LogP contribution in [0.15, 0.2) is 48.6 Å². The topological polar surface area (TPSA) is 18.5 Å². The Hall–Kier alpha value is -0.740. The molecule has 2 nitrogen and oxygen atoms in total. The monoisotopic (exact) mass is 458 g/mol. The van der Waals surface area contributed by atoms with Gasteiger partial charge in [-0.2, -0.15) is 0 Å². The van der Waals surface area contributed by atoms with E-state index in [1.165, 1.54) is 0 Å². The predicted molar refractivity (Wildman–Crippen MR) is 118 cm³/mol. The van der Waals surface area contributed by atoms with Gasteiger partial charge in [0.2, 0.25) is 0 Å². The molecule has 3 rings (SSSR count). The van der Waals surface area contributed by atoms with Gasteiger partial charge in [-0.1, -0.05) is 84.5 Å². The summed E-state index contributed by atoms with van der Waals surface area (Å²) in [6.07, 6.45) is 4.32. The molecule has 1 aliphatic carbocycles. The molecule has 0 bridgehead atoms. The van der Waals surface area contributed by atoms with Crippen LogP contribution in [-0.2, 0) is 22.7 Å². The molecule has 0 unspecified atom stereocenters. The predicted octanol–water partition coefficient (Wildman–Crippen LogP) is 7.62. The van der Waals surface area contributed by atoms with Crippen LogP contribution in [0.2, 0.25) is 20.1 Å². The third kappa shape index (κ3) is 4.53. The van der Waals surface area contributed by atoms with Crippen LogP contribution >= 0.6 is 46.4 Å². The summed E-state index contributed by atoms with van der Waals surface area (Å²) in [4.78, 5) is 0. The van der Waals surface area contributed by atoms with E-state index in [2.05, 4.69) is 26.0 Å². The number of ether oxygens (including phenoxy) is 2. The van der Waals surface area contributed by atoms with Gasteiger partial charge in [0.15, 0.2) is 0 Å². The summed E-state index contributed by atoms with van der Waals surface area (Å²) in [5, 5.41) is 2.46. The molecule has 1 aliphatic rings. The van der Waals surface area contributed by atoms with Crippen LogP contribution in [-0.4, -0.2) is 13.2 Å². The minimum atomic E-state index is -0.148. The minimum Gasteiger partial charge on any atom is -0.376 e. The lowest BCUT2D eigenvalue weighted by molar-refractivity contribution is -0.0501. The van der Waals surface area contributed by atoms with E-state index >= 15 is 0 Å². The van der Waals surface area contributed by atoms with Crippen molar-refractivity contribution in [2.24, 2.45) is 10.8 Å². The van der Waals surface area contributed by atoms with E-state index in [1.54, 1.807) is 0 Å². The summed E-state index contributed by atoms with van der Waals surface area (Å²) in [7, 11) is 0. The highest BCUT2D eigenvalue weighted by Gasteiger charge is 2.47. The molecule has 0 N–H and O–H groups in total. The van der Waals surface area contributed by atoms with Gasteiger partial charge in [-0.15, -0.1) is 0 Å². The molecule has 0 fully saturated rings. The van der Waals surface area contributed by atoms with Gasteiger partial charge < -0.3 is 9.47 Å². The molecule has 6 heteroatoms. The number of hydrogen-bond donors (Lipinski definition) is 0. The van der Waals surface area contributed by atoms with E-state index in [9.17, 15) is 0 Å². The van der Waals surface area contributed by atoms with Crippen molar-refractivity contribution in [1.82, 2.24) is 0 Å². The average molecular weight is 460 g/mol. The fourth-order valence-corrected chi connectivity index (χ4v) is 4.16. The normalized spacial score (nSPS) is 23.6. The summed E-state index contributed by atoms with van der Waals surface area (Å²) in [6, 6.07) is 10.9. The van der Waals surface area contributed by atoms with Crippen LogP contribution in [0.3, 0.4) is 0 Å². The molecule has 2 aromatic carbocycles. The number of halogens is 4. The highest BCUT2D eigenvalue weighted by atomic mass is 35.5. The summed E-state index contributed by atoms with van der Waals surface area (Å²) in [5.74, 6) is 0. The first kappa shape index (κ1) is 22.0. The molecular formula is C22H22Cl4O2. The maximum atomic E-state index is 6.22. The first-order chi connectivity index (χ1) is 13.3. The van der Waals surface area contributed by atoms with Crippen molar-refractivity contribution in [3.63, 3.8) is 0 Å². The van der Waals surface area contributed by atoms with E-state index < -0.39 is 0 Å². The Bertz CT molecular complexity index is 771. The zero-order valence-corrected chi connectivity index (χ0v) is 18.8. The molecule has 0 saturated carbocycles. The second-order valence-electron chi connectivity index (χ2n) is 7.55. The molecule has 28 heavy (non-hydrogen) atoms. The highest BCUT2D eigenvalue weighted by Crippen LogP contribution is 2.50. The summed E-state index contributed by atoms with van der Waals surface area (Å²) in [5.41, 5.74) is 1.32. The van der Waals surface area contributed by atoms with E-state index in [0.717, 1.165) is 11.1 Å². The minimum absolute atomic E-state index is 0.148. The van der Waals surface area contributed by atoms with Gasteiger partial charge in [-0.05, 0) is 24.3 Å². The van der Waals surface area contributed by atoms with Gasteiger partial charge in [0, 0.05) is 42.0 Å². The lowest BCUT2D eigenvalue weighted by Gasteiger charge is -2.49. The van der Waals surface area contributed by atoms with Gasteiger partial charge >= 0.3 is 0 Å². The average Bonchev–Trinajstić information content (AvgIpc) is 2.65. The second-order valence-corrected chi connectivity index (χ2v) is 9.18. The smallest absolute Gasteiger partial charge is 0.0746 e. The first-order valence-electron chi connectivity index (χ1n) is 8.97. The van der Waals surface area contributed by atoms with Gasteiger partial charge in [0.25, 0.3) is 0 Å². The molecule has 2 atom stereocenters. The molecule has 0 heterocycles. The Balaban J connectivity index is 1.55. The summed E-state index contributed by atoms with van der Waals surface area (Å²) in [6.45, 7) is 6.14. The molecule has 2 aromatic rings. The maximum absolute atomic E-state index is 6.22. The van der Waals surface area contributed by atoms with Gasteiger partial charge in [0.1, 0.15) is 0 Å². The molecule has 0 amide bonds. The first-order valence-corrected chi connectivity index (χ1v) is 10.5. The number of hydrogen-bond acceptors (Lipinski definition) is 2. The fourth-order valence-electron chi connectivity index (χ4n) is 3.15. The van der Waals surface area contributed by atoms with Crippen molar-refractivity contribution in [3.05, 3.63) is 79.8 Å². The van der Waals surface area contributed by atoms with Crippen LogP contribution in [0.4, 0.5) is 0 Å². The van der Waals surface area contributed by atoms with Crippen LogP contribution in [0.25, 0.3) is 0 Å². The van der Waals surface area contributed by atoms with Gasteiger partial charge in [-0.3, -0.25) is 0 Å². The van der Waals surface area contributed by atoms with Gasteiger partial charge in [-0.25, -0.2) is 0 Å². The van der Waals surface area contributed by atoms with Crippen molar-refractivity contribution in [2.75, 3.05) is 13.2 Å². The Morgan fingerprint density at radius 2 is 0.964 bits per heavy atom. The Kier molecular flexibility index (Phi) is 7.02. The van der Waals surface area contributed by atoms with Crippen LogP contribution in [0.5, 0.6) is 0 Å². The number of benzene rings is 2. The van der Waals surface area contributed by atoms with E-state index in [-0.39, 0.29) is 10.8 Å². The molecule has 0 saturated heterocycles. The van der Waals surface area contributed by atoms with Crippen LogP contribution in [0.1, 0.15) is 25.0 Å².